The maximum Gasteiger partial charge on any atom is 0.0657 e. The molecule has 0 spiro atoms. The first-order valence-corrected chi connectivity index (χ1v) is 13.9. The van der Waals surface area contributed by atoms with Crippen molar-refractivity contribution in [1.82, 2.24) is 0 Å². The van der Waals surface area contributed by atoms with Crippen LogP contribution in [0.3, 0.4) is 0 Å². The number of allylic oxidation sites excluding steroid dienone is 1. The molecule has 4 aliphatic carbocycles. The van der Waals surface area contributed by atoms with Gasteiger partial charge in [-0.05, 0) is 118 Å². The summed E-state index contributed by atoms with van der Waals surface area (Å²) in [5.74, 6) is 4.50. The Hall–Kier alpha value is -0.340. The number of aliphatic hydroxyl groups is 2. The van der Waals surface area contributed by atoms with Crippen molar-refractivity contribution in [1.29, 1.82) is 0 Å². The Labute approximate surface area is 198 Å². The molecule has 4 rings (SSSR count). The van der Waals surface area contributed by atoms with Crippen molar-refractivity contribution in [3.8, 4) is 0 Å². The van der Waals surface area contributed by atoms with Crippen LogP contribution in [0.1, 0.15) is 119 Å². The molecule has 0 bridgehead atoms. The van der Waals surface area contributed by atoms with Crippen LogP contribution in [0.4, 0.5) is 0 Å². The monoisotopic (exact) mass is 444 g/mol. The Morgan fingerprint density at radius 3 is 2.44 bits per heavy atom. The molecule has 9 atom stereocenters. The molecule has 0 radical (unpaired) electrons. The quantitative estimate of drug-likeness (QED) is 0.416. The van der Waals surface area contributed by atoms with Crippen LogP contribution >= 0.6 is 0 Å². The molecular weight excluding hydrogens is 392 g/mol. The van der Waals surface area contributed by atoms with Gasteiger partial charge in [-0.25, -0.2) is 0 Å². The largest absolute Gasteiger partial charge is 0.390 e. The fourth-order valence-corrected chi connectivity index (χ4v) is 9.05. The first-order valence-electron chi connectivity index (χ1n) is 13.9. The van der Waals surface area contributed by atoms with Gasteiger partial charge in [0, 0.05) is 0 Å². The minimum absolute atomic E-state index is 0.329. The molecule has 0 saturated heterocycles. The van der Waals surface area contributed by atoms with E-state index in [0.717, 1.165) is 55.3 Å². The van der Waals surface area contributed by atoms with Crippen LogP contribution in [0.2, 0.25) is 0 Å². The highest BCUT2D eigenvalue weighted by Gasteiger charge is 2.59. The topological polar surface area (TPSA) is 40.5 Å². The van der Waals surface area contributed by atoms with Gasteiger partial charge in [-0.3, -0.25) is 0 Å². The molecule has 0 unspecified atom stereocenters. The van der Waals surface area contributed by atoms with E-state index in [4.69, 9.17) is 0 Å². The average Bonchev–Trinajstić information content (AvgIpc) is 3.05. The number of hydrogen-bond acceptors (Lipinski definition) is 2. The first kappa shape index (κ1) is 24.8. The van der Waals surface area contributed by atoms with Crippen LogP contribution in [0.15, 0.2) is 11.6 Å². The lowest BCUT2D eigenvalue weighted by molar-refractivity contribution is -0.0709. The molecule has 0 heterocycles. The first-order chi connectivity index (χ1) is 14.8. The van der Waals surface area contributed by atoms with E-state index in [2.05, 4.69) is 40.7 Å². The van der Waals surface area contributed by atoms with Gasteiger partial charge in [0.15, 0.2) is 0 Å². The van der Waals surface area contributed by atoms with Gasteiger partial charge in [0.1, 0.15) is 0 Å². The summed E-state index contributed by atoms with van der Waals surface area (Å²) in [5, 5.41) is 21.4. The van der Waals surface area contributed by atoms with Crippen molar-refractivity contribution in [3.63, 3.8) is 0 Å². The maximum atomic E-state index is 10.7. The van der Waals surface area contributed by atoms with Gasteiger partial charge in [-0.2, -0.15) is 0 Å². The molecule has 184 valence electrons. The highest BCUT2D eigenvalue weighted by molar-refractivity contribution is 5.26. The molecule has 2 heteroatoms. The molecule has 0 aromatic carbocycles. The van der Waals surface area contributed by atoms with Crippen molar-refractivity contribution < 1.29 is 10.2 Å². The van der Waals surface area contributed by atoms with Crippen molar-refractivity contribution in [2.75, 3.05) is 0 Å². The van der Waals surface area contributed by atoms with E-state index in [1.165, 1.54) is 44.9 Å². The highest BCUT2D eigenvalue weighted by atomic mass is 16.3. The Morgan fingerprint density at radius 1 is 1.03 bits per heavy atom. The summed E-state index contributed by atoms with van der Waals surface area (Å²) in [5.41, 5.74) is 1.40. The SMILES string of the molecule is CC(C)[C@@](C)(O)CCC[C@@H](C)[C@H]1CC[C@H]2[C@@H]3CC=C4C[C@@](C)(O)CC[C@]4(C)[C@H]3CC[C@]12C. The second-order valence-corrected chi connectivity index (χ2v) is 14.0. The van der Waals surface area contributed by atoms with E-state index in [0.29, 0.717) is 16.7 Å². The smallest absolute Gasteiger partial charge is 0.0657 e. The van der Waals surface area contributed by atoms with E-state index >= 15 is 0 Å². The predicted molar refractivity (Wildman–Crippen MR) is 134 cm³/mol. The van der Waals surface area contributed by atoms with E-state index in [9.17, 15) is 10.2 Å². The van der Waals surface area contributed by atoms with Gasteiger partial charge in [0.2, 0.25) is 0 Å². The minimum atomic E-state index is -0.522. The maximum absolute atomic E-state index is 10.7. The molecule has 4 aliphatic rings. The van der Waals surface area contributed by atoms with Crippen LogP contribution in [0.25, 0.3) is 0 Å². The van der Waals surface area contributed by atoms with Crippen molar-refractivity contribution >= 4 is 0 Å². The van der Waals surface area contributed by atoms with E-state index in [-0.39, 0.29) is 0 Å². The summed E-state index contributed by atoms with van der Waals surface area (Å²) < 4.78 is 0. The van der Waals surface area contributed by atoms with Gasteiger partial charge in [-0.1, -0.05) is 59.1 Å². The third-order valence-electron chi connectivity index (χ3n) is 11.7. The van der Waals surface area contributed by atoms with Gasteiger partial charge >= 0.3 is 0 Å². The second kappa shape index (κ2) is 8.40. The lowest BCUT2D eigenvalue weighted by Gasteiger charge is -2.59. The lowest BCUT2D eigenvalue weighted by Crippen LogP contribution is -2.52. The lowest BCUT2D eigenvalue weighted by atomic mass is 9.46. The standard InChI is InChI=1S/C30H52O2/c1-20(2)30(7,32)15-8-9-21(3)24-12-13-25-23-11-10-22-19-27(4,31)17-18-28(22,5)26(23)14-16-29(24,25)6/h10,20-21,23-26,31-32H,8-9,11-19H2,1-7H3/t21-,23+,24-,25+,26+,27+,28+,29-,30+/m1/s1. The zero-order valence-corrected chi connectivity index (χ0v) is 22.2. The van der Waals surface area contributed by atoms with E-state index in [1.807, 2.05) is 13.8 Å². The van der Waals surface area contributed by atoms with Crippen LogP contribution < -0.4 is 0 Å². The van der Waals surface area contributed by atoms with E-state index < -0.39 is 11.2 Å². The summed E-state index contributed by atoms with van der Waals surface area (Å²) in [6, 6.07) is 0. The molecule has 0 amide bonds. The molecule has 3 saturated carbocycles. The summed E-state index contributed by atoms with van der Waals surface area (Å²) in [7, 11) is 0. The van der Waals surface area contributed by atoms with E-state index in [1.54, 1.807) is 5.57 Å². The predicted octanol–water partition coefficient (Wildman–Crippen LogP) is 7.53. The molecule has 2 N–H and O–H groups in total. The minimum Gasteiger partial charge on any atom is -0.390 e. The Kier molecular flexibility index (Phi) is 6.50. The van der Waals surface area contributed by atoms with Crippen LogP contribution in [0, 0.1) is 46.3 Å². The summed E-state index contributed by atoms with van der Waals surface area (Å²) in [4.78, 5) is 0. The summed E-state index contributed by atoms with van der Waals surface area (Å²) in [6.07, 6.45) is 15.8. The zero-order valence-electron chi connectivity index (χ0n) is 22.2. The third-order valence-corrected chi connectivity index (χ3v) is 11.7. The molecule has 2 nitrogen and oxygen atoms in total. The van der Waals surface area contributed by atoms with Gasteiger partial charge in [0.25, 0.3) is 0 Å². The fourth-order valence-electron chi connectivity index (χ4n) is 9.05. The summed E-state index contributed by atoms with van der Waals surface area (Å²) in [6.45, 7) is 16.1. The molecular formula is C30H52O2. The summed E-state index contributed by atoms with van der Waals surface area (Å²) >= 11 is 0. The number of rotatable bonds is 6. The van der Waals surface area contributed by atoms with Crippen molar-refractivity contribution in [2.45, 2.75) is 130 Å². The Bertz CT molecular complexity index is 718. The Morgan fingerprint density at radius 2 is 1.75 bits per heavy atom. The van der Waals surface area contributed by atoms with Crippen molar-refractivity contribution in [3.05, 3.63) is 11.6 Å². The molecule has 32 heavy (non-hydrogen) atoms. The molecule has 3 fully saturated rings. The normalized spacial score (nSPS) is 46.6. The molecule has 0 aliphatic heterocycles. The Balaban J connectivity index is 1.44. The van der Waals surface area contributed by atoms with Crippen LogP contribution in [0.5, 0.6) is 0 Å². The van der Waals surface area contributed by atoms with Crippen molar-refractivity contribution in [2.24, 2.45) is 46.3 Å². The third kappa shape index (κ3) is 4.15. The number of fused-ring (bicyclic) bond motifs is 5. The fraction of sp³-hybridized carbons (Fsp3) is 0.933. The second-order valence-electron chi connectivity index (χ2n) is 14.0. The molecule has 0 aromatic heterocycles. The highest BCUT2D eigenvalue weighted by Crippen LogP contribution is 2.67. The van der Waals surface area contributed by atoms with Gasteiger partial charge < -0.3 is 10.2 Å². The molecule has 0 aromatic rings. The van der Waals surface area contributed by atoms with Gasteiger partial charge in [-0.15, -0.1) is 0 Å². The van der Waals surface area contributed by atoms with Crippen LogP contribution in [-0.4, -0.2) is 21.4 Å². The zero-order chi connectivity index (χ0) is 23.5. The average molecular weight is 445 g/mol. The van der Waals surface area contributed by atoms with Gasteiger partial charge in [0.05, 0.1) is 11.2 Å². The van der Waals surface area contributed by atoms with Crippen LogP contribution in [-0.2, 0) is 0 Å². The number of hydrogen-bond donors (Lipinski definition) is 2.